The lowest BCUT2D eigenvalue weighted by molar-refractivity contribution is -0.141. The van der Waals surface area contributed by atoms with Gasteiger partial charge in [-0.2, -0.15) is 0 Å². The van der Waals surface area contributed by atoms with Crippen LogP contribution in [0.25, 0.3) is 10.8 Å². The predicted molar refractivity (Wildman–Crippen MR) is 141 cm³/mol. The van der Waals surface area contributed by atoms with E-state index in [1.807, 2.05) is 24.3 Å². The van der Waals surface area contributed by atoms with Gasteiger partial charge >= 0.3 is 13.6 Å². The van der Waals surface area contributed by atoms with Crippen molar-refractivity contribution in [1.82, 2.24) is 10.6 Å². The van der Waals surface area contributed by atoms with E-state index in [1.165, 1.54) is 0 Å². The molecule has 10 heteroatoms. The van der Waals surface area contributed by atoms with Gasteiger partial charge in [0.15, 0.2) is 0 Å². The Morgan fingerprint density at radius 1 is 0.892 bits per heavy atom. The average molecular weight is 527 g/mol. The Morgan fingerprint density at radius 3 is 2.14 bits per heavy atom. The summed E-state index contributed by atoms with van der Waals surface area (Å²) in [5.74, 6) is -3.58. The van der Waals surface area contributed by atoms with Crippen molar-refractivity contribution < 1.29 is 32.7 Å². The third kappa shape index (κ3) is 6.25. The van der Waals surface area contributed by atoms with Gasteiger partial charge < -0.3 is 24.4 Å². The Labute approximate surface area is 216 Å². The first-order chi connectivity index (χ1) is 17.6. The highest BCUT2D eigenvalue weighted by Gasteiger charge is 2.42. The first-order valence-corrected chi connectivity index (χ1v) is 13.2. The third-order valence-corrected chi connectivity index (χ3v) is 8.09. The molecular formula is C27H31N2O7P. The van der Waals surface area contributed by atoms with Gasteiger partial charge in [0.25, 0.3) is 11.8 Å². The Bertz CT molecular complexity index is 1340. The Hall–Kier alpha value is -3.52. The molecule has 9 nitrogen and oxygen atoms in total. The molecule has 0 saturated heterocycles. The van der Waals surface area contributed by atoms with Crippen LogP contribution < -0.4 is 10.6 Å². The van der Waals surface area contributed by atoms with Gasteiger partial charge in [-0.05, 0) is 59.9 Å². The number of benzene rings is 3. The van der Waals surface area contributed by atoms with Crippen molar-refractivity contribution in [2.45, 2.75) is 26.1 Å². The van der Waals surface area contributed by atoms with E-state index in [1.54, 1.807) is 26.0 Å². The van der Waals surface area contributed by atoms with Gasteiger partial charge in [0.1, 0.15) is 0 Å². The van der Waals surface area contributed by atoms with Crippen LogP contribution in [0.15, 0.2) is 54.6 Å². The van der Waals surface area contributed by atoms with Crippen molar-refractivity contribution in [2.24, 2.45) is 0 Å². The van der Waals surface area contributed by atoms with Gasteiger partial charge in [-0.25, -0.2) is 4.79 Å². The number of nitrogens with one attached hydrogen (secondary N) is 2. The zero-order valence-corrected chi connectivity index (χ0v) is 22.4. The van der Waals surface area contributed by atoms with Crippen LogP contribution in [-0.2, 0) is 29.6 Å². The van der Waals surface area contributed by atoms with Crippen LogP contribution in [0.4, 0.5) is 0 Å². The van der Waals surface area contributed by atoms with Crippen molar-refractivity contribution >= 4 is 36.2 Å². The van der Waals surface area contributed by atoms with E-state index in [0.717, 1.165) is 37.7 Å². The maximum absolute atomic E-state index is 13.1. The molecule has 0 fully saturated rings. The number of carbonyl (C=O) groups excluding carboxylic acids is 3. The standard InChI is InChI=1S/C27H31N2O7P/c1-17-15-21(24(30)28-14-13-20-11-8-10-19-9-6-7-12-22(19)20)16-18(2)23(17)25(31)29-26(27(32)34-3)37(33,35-4)36-5/h6-12,15-16,26H,13-14H2,1-5H3,(H,28,30)(H,29,31). The van der Waals surface area contributed by atoms with Crippen LogP contribution in [0.5, 0.6) is 0 Å². The SMILES string of the molecule is COC(=O)C(NC(=O)c1c(C)cc(C(=O)NCCc2cccc3ccccc23)cc1C)P(=O)(OC)OC. The lowest BCUT2D eigenvalue weighted by atomic mass is 9.98. The monoisotopic (exact) mass is 526 g/mol. The lowest BCUT2D eigenvalue weighted by Crippen LogP contribution is -2.42. The molecule has 0 aliphatic heterocycles. The fraction of sp³-hybridized carbons (Fsp3) is 0.296. The highest BCUT2D eigenvalue weighted by Crippen LogP contribution is 2.51. The molecule has 1 atom stereocenters. The summed E-state index contributed by atoms with van der Waals surface area (Å²) in [5.41, 5.74) is 2.78. The molecule has 0 aromatic heterocycles. The van der Waals surface area contributed by atoms with E-state index in [0.29, 0.717) is 29.7 Å². The second kappa shape index (κ2) is 12.1. The topological polar surface area (TPSA) is 120 Å². The van der Waals surface area contributed by atoms with E-state index in [9.17, 15) is 18.9 Å². The number of esters is 1. The minimum absolute atomic E-state index is 0.236. The number of hydrogen-bond acceptors (Lipinski definition) is 7. The summed E-state index contributed by atoms with van der Waals surface area (Å²) in [5, 5.41) is 7.63. The molecule has 37 heavy (non-hydrogen) atoms. The van der Waals surface area contributed by atoms with E-state index in [2.05, 4.69) is 33.6 Å². The Morgan fingerprint density at radius 2 is 1.51 bits per heavy atom. The molecular weight excluding hydrogens is 495 g/mol. The molecule has 196 valence electrons. The van der Waals surface area contributed by atoms with Gasteiger partial charge in [0.2, 0.25) is 5.78 Å². The number of methoxy groups -OCH3 is 1. The Kier molecular flexibility index (Phi) is 9.21. The smallest absolute Gasteiger partial charge is 0.363 e. The molecule has 0 aliphatic carbocycles. The third-order valence-electron chi connectivity index (χ3n) is 6.10. The molecule has 2 amide bonds. The van der Waals surface area contributed by atoms with E-state index in [-0.39, 0.29) is 11.5 Å². The van der Waals surface area contributed by atoms with Crippen molar-refractivity contribution in [3.8, 4) is 0 Å². The Balaban J connectivity index is 1.73. The summed E-state index contributed by atoms with van der Waals surface area (Å²) in [4.78, 5) is 38.1. The fourth-order valence-electron chi connectivity index (χ4n) is 4.24. The first-order valence-electron chi connectivity index (χ1n) is 11.6. The van der Waals surface area contributed by atoms with Crippen LogP contribution in [0.1, 0.15) is 37.4 Å². The minimum atomic E-state index is -4.02. The number of aryl methyl sites for hydroxylation is 2. The maximum Gasteiger partial charge on any atom is 0.363 e. The molecule has 0 bridgehead atoms. The van der Waals surface area contributed by atoms with Gasteiger partial charge in [0, 0.05) is 31.9 Å². The molecule has 0 spiro atoms. The molecule has 0 heterocycles. The van der Waals surface area contributed by atoms with Crippen molar-refractivity contribution in [2.75, 3.05) is 27.9 Å². The van der Waals surface area contributed by atoms with E-state index < -0.39 is 25.3 Å². The zero-order valence-electron chi connectivity index (χ0n) is 21.5. The summed E-state index contributed by atoms with van der Waals surface area (Å²) < 4.78 is 27.2. The highest BCUT2D eigenvalue weighted by atomic mass is 31.2. The van der Waals surface area contributed by atoms with Gasteiger partial charge in [-0.1, -0.05) is 42.5 Å². The van der Waals surface area contributed by atoms with Crippen LogP contribution >= 0.6 is 7.60 Å². The predicted octanol–water partition coefficient (Wildman–Crippen LogP) is 4.14. The number of rotatable bonds is 10. The number of amides is 2. The molecule has 3 aromatic carbocycles. The largest absolute Gasteiger partial charge is 0.467 e. The van der Waals surface area contributed by atoms with Crippen molar-refractivity contribution in [3.05, 3.63) is 82.4 Å². The fourth-order valence-corrected chi connectivity index (χ4v) is 5.45. The van der Waals surface area contributed by atoms with Crippen molar-refractivity contribution in [3.63, 3.8) is 0 Å². The summed E-state index contributed by atoms with van der Waals surface area (Å²) in [6, 6.07) is 17.4. The molecule has 1 unspecified atom stereocenters. The van der Waals surface area contributed by atoms with Gasteiger partial charge in [-0.3, -0.25) is 14.2 Å². The number of fused-ring (bicyclic) bond motifs is 1. The first kappa shape index (κ1) is 28.1. The van der Waals surface area contributed by atoms with Crippen LogP contribution in [-0.4, -0.2) is 51.4 Å². The van der Waals surface area contributed by atoms with Crippen LogP contribution in [0.2, 0.25) is 0 Å². The minimum Gasteiger partial charge on any atom is -0.467 e. The second-order valence-corrected chi connectivity index (χ2v) is 10.8. The molecule has 0 radical (unpaired) electrons. The normalized spacial score (nSPS) is 12.1. The average Bonchev–Trinajstić information content (AvgIpc) is 2.90. The quantitative estimate of drug-likeness (QED) is 0.301. The molecule has 3 rings (SSSR count). The zero-order chi connectivity index (χ0) is 27.2. The molecule has 2 N–H and O–H groups in total. The lowest BCUT2D eigenvalue weighted by Gasteiger charge is -2.23. The molecule has 0 aliphatic rings. The maximum atomic E-state index is 13.1. The summed E-state index contributed by atoms with van der Waals surface area (Å²) in [6.45, 7) is 3.79. The highest BCUT2D eigenvalue weighted by molar-refractivity contribution is 7.55. The van der Waals surface area contributed by atoms with E-state index >= 15 is 0 Å². The second-order valence-electron chi connectivity index (χ2n) is 8.43. The summed E-state index contributed by atoms with van der Waals surface area (Å²) in [6.07, 6.45) is 0.666. The van der Waals surface area contributed by atoms with E-state index in [4.69, 9.17) is 9.05 Å². The number of ether oxygens (including phenoxy) is 1. The molecule has 0 saturated carbocycles. The van der Waals surface area contributed by atoms with Gasteiger partial charge in [-0.15, -0.1) is 0 Å². The molecule has 3 aromatic rings. The van der Waals surface area contributed by atoms with Gasteiger partial charge in [0.05, 0.1) is 7.11 Å². The van der Waals surface area contributed by atoms with Crippen LogP contribution in [0.3, 0.4) is 0 Å². The van der Waals surface area contributed by atoms with Crippen LogP contribution in [0, 0.1) is 13.8 Å². The number of hydrogen-bond donors (Lipinski definition) is 2. The van der Waals surface area contributed by atoms with Crippen molar-refractivity contribution in [1.29, 1.82) is 0 Å². The number of carbonyl (C=O) groups is 3. The summed E-state index contributed by atoms with van der Waals surface area (Å²) >= 11 is 0. The summed E-state index contributed by atoms with van der Waals surface area (Å²) in [7, 11) is -0.704.